The maximum atomic E-state index is 12.2. The lowest BCUT2D eigenvalue weighted by molar-refractivity contribution is -0.159. The monoisotopic (exact) mass is 390 g/mol. The van der Waals surface area contributed by atoms with Gasteiger partial charge in [-0.2, -0.15) is 0 Å². The summed E-state index contributed by atoms with van der Waals surface area (Å²) >= 11 is 1.43. The number of fused-ring (bicyclic) bond motifs is 1. The molecule has 2 heterocycles. The molecule has 27 heavy (non-hydrogen) atoms. The van der Waals surface area contributed by atoms with Gasteiger partial charge in [0.25, 0.3) is 0 Å². The first-order valence-corrected chi connectivity index (χ1v) is 9.22. The lowest BCUT2D eigenvalue weighted by atomic mass is 9.95. The fourth-order valence-corrected chi connectivity index (χ4v) is 4.85. The standard InChI is InChI=1S/C18H18N2O6S/c1-9-14(18(25)26)20-15(22)12(16(20)27-9)5-6-19-13(21)8-10-3-2-4-11(7-10)17(23)24/h2-7,9,12,14,16H,8H2,1H3,(H,19,21)(H,23,24)(H,25,26). The molecule has 8 nitrogen and oxygen atoms in total. The maximum Gasteiger partial charge on any atom is 0.335 e. The summed E-state index contributed by atoms with van der Waals surface area (Å²) < 4.78 is 0. The van der Waals surface area contributed by atoms with Gasteiger partial charge in [-0.25, -0.2) is 9.59 Å². The van der Waals surface area contributed by atoms with E-state index in [4.69, 9.17) is 5.11 Å². The molecule has 2 fully saturated rings. The number of hydrogen-bond acceptors (Lipinski definition) is 5. The van der Waals surface area contributed by atoms with Crippen molar-refractivity contribution in [2.24, 2.45) is 5.92 Å². The van der Waals surface area contributed by atoms with Gasteiger partial charge in [-0.1, -0.05) is 25.1 Å². The van der Waals surface area contributed by atoms with Crippen LogP contribution >= 0.6 is 11.8 Å². The average molecular weight is 390 g/mol. The van der Waals surface area contributed by atoms with Gasteiger partial charge in [-0.05, 0) is 17.7 Å². The van der Waals surface area contributed by atoms with E-state index in [-0.39, 0.29) is 34.4 Å². The van der Waals surface area contributed by atoms with Gasteiger partial charge in [0, 0.05) is 11.4 Å². The summed E-state index contributed by atoms with van der Waals surface area (Å²) in [4.78, 5) is 47.8. The molecule has 2 amide bonds. The SMILES string of the molecule is CC1SC2C(C=CNC(=O)Cc3cccc(C(=O)O)c3)C(=O)N2C1C(=O)O. The third kappa shape index (κ3) is 3.68. The smallest absolute Gasteiger partial charge is 0.335 e. The molecule has 2 aliphatic heterocycles. The van der Waals surface area contributed by atoms with Crippen LogP contribution < -0.4 is 5.32 Å². The first kappa shape index (κ1) is 19.0. The fraction of sp³-hybridized carbons (Fsp3) is 0.333. The Kier molecular flexibility index (Phi) is 5.22. The van der Waals surface area contributed by atoms with Gasteiger partial charge < -0.3 is 20.4 Å². The zero-order valence-corrected chi connectivity index (χ0v) is 15.2. The first-order chi connectivity index (χ1) is 12.8. The number of nitrogens with zero attached hydrogens (tertiary/aromatic N) is 1. The van der Waals surface area contributed by atoms with E-state index in [1.165, 1.54) is 35.0 Å². The second-order valence-electron chi connectivity index (χ2n) is 6.40. The topological polar surface area (TPSA) is 124 Å². The van der Waals surface area contributed by atoms with Crippen molar-refractivity contribution in [1.29, 1.82) is 0 Å². The van der Waals surface area contributed by atoms with Crippen molar-refractivity contribution in [1.82, 2.24) is 10.2 Å². The van der Waals surface area contributed by atoms with Crippen LogP contribution in [0.2, 0.25) is 0 Å². The largest absolute Gasteiger partial charge is 0.480 e. The highest BCUT2D eigenvalue weighted by Gasteiger charge is 2.58. The van der Waals surface area contributed by atoms with Gasteiger partial charge >= 0.3 is 11.9 Å². The number of benzene rings is 1. The van der Waals surface area contributed by atoms with Crippen molar-refractivity contribution in [3.8, 4) is 0 Å². The van der Waals surface area contributed by atoms with Gasteiger partial charge in [-0.15, -0.1) is 11.8 Å². The lowest BCUT2D eigenvalue weighted by Gasteiger charge is -2.42. The first-order valence-electron chi connectivity index (χ1n) is 8.28. The van der Waals surface area contributed by atoms with Crippen molar-refractivity contribution in [2.75, 3.05) is 0 Å². The van der Waals surface area contributed by atoms with Crippen LogP contribution in [0.15, 0.2) is 36.5 Å². The second kappa shape index (κ2) is 7.43. The highest BCUT2D eigenvalue weighted by molar-refractivity contribution is 8.01. The average Bonchev–Trinajstić information content (AvgIpc) is 2.92. The van der Waals surface area contributed by atoms with E-state index < -0.39 is 23.9 Å². The molecular weight excluding hydrogens is 372 g/mol. The minimum atomic E-state index is -1.06. The molecule has 0 aliphatic carbocycles. The summed E-state index contributed by atoms with van der Waals surface area (Å²) in [5.41, 5.74) is 0.674. The molecule has 4 unspecified atom stereocenters. The Labute approximate surface area is 159 Å². The van der Waals surface area contributed by atoms with E-state index in [1.807, 2.05) is 0 Å². The number of aliphatic carboxylic acids is 1. The van der Waals surface area contributed by atoms with E-state index in [1.54, 1.807) is 25.1 Å². The molecule has 9 heteroatoms. The predicted octanol–water partition coefficient (Wildman–Crippen LogP) is 0.930. The number of carboxylic acid groups (broad SMARTS) is 2. The van der Waals surface area contributed by atoms with Crippen molar-refractivity contribution >= 4 is 35.5 Å². The molecule has 4 atom stereocenters. The number of carbonyl (C=O) groups is 4. The molecule has 2 aliphatic rings. The third-order valence-electron chi connectivity index (χ3n) is 4.56. The Hall–Kier alpha value is -2.81. The number of amides is 2. The molecule has 0 saturated carbocycles. The summed E-state index contributed by atoms with van der Waals surface area (Å²) in [5.74, 6) is -3.13. The van der Waals surface area contributed by atoms with Gasteiger partial charge in [0.2, 0.25) is 11.8 Å². The van der Waals surface area contributed by atoms with Gasteiger partial charge in [0.15, 0.2) is 0 Å². The zero-order valence-electron chi connectivity index (χ0n) is 14.4. The molecule has 0 aromatic heterocycles. The van der Waals surface area contributed by atoms with Crippen LogP contribution in [0.4, 0.5) is 0 Å². The minimum absolute atomic E-state index is 0.00645. The summed E-state index contributed by atoms with van der Waals surface area (Å²) in [5, 5.41) is 20.3. The van der Waals surface area contributed by atoms with Crippen LogP contribution in [-0.4, -0.2) is 55.5 Å². The number of aromatic carboxylic acids is 1. The molecule has 3 N–H and O–H groups in total. The van der Waals surface area contributed by atoms with E-state index >= 15 is 0 Å². The van der Waals surface area contributed by atoms with Crippen molar-refractivity contribution in [3.05, 3.63) is 47.7 Å². The van der Waals surface area contributed by atoms with Crippen molar-refractivity contribution in [3.63, 3.8) is 0 Å². The molecule has 2 saturated heterocycles. The van der Waals surface area contributed by atoms with Gasteiger partial charge in [0.05, 0.1) is 23.3 Å². The summed E-state index contributed by atoms with van der Waals surface area (Å²) in [7, 11) is 0. The number of rotatable bonds is 6. The molecule has 0 radical (unpaired) electrons. The molecule has 1 aromatic rings. The number of β-lactam (4-membered cyclic amide) rings is 1. The number of carboxylic acids is 2. The third-order valence-corrected chi connectivity index (χ3v) is 6.05. The van der Waals surface area contributed by atoms with Crippen LogP contribution in [0.5, 0.6) is 0 Å². The van der Waals surface area contributed by atoms with E-state index in [0.29, 0.717) is 5.56 Å². The summed E-state index contributed by atoms with van der Waals surface area (Å²) in [6, 6.07) is 5.30. The van der Waals surface area contributed by atoms with Gasteiger partial charge in [0.1, 0.15) is 6.04 Å². The number of nitrogens with one attached hydrogen (secondary N) is 1. The molecule has 3 rings (SSSR count). The van der Waals surface area contributed by atoms with Crippen LogP contribution in [0.3, 0.4) is 0 Å². The normalized spacial score (nSPS) is 26.6. The molecule has 142 valence electrons. The van der Waals surface area contributed by atoms with Crippen LogP contribution in [0.25, 0.3) is 0 Å². The number of thioether (sulfide) groups is 1. The zero-order chi connectivity index (χ0) is 19.7. The van der Waals surface area contributed by atoms with Crippen LogP contribution in [-0.2, 0) is 20.8 Å². The number of hydrogen-bond donors (Lipinski definition) is 3. The molecular formula is C18H18N2O6S. The van der Waals surface area contributed by atoms with Crippen molar-refractivity contribution < 1.29 is 29.4 Å². The Bertz CT molecular complexity index is 839. The van der Waals surface area contributed by atoms with Gasteiger partial charge in [-0.3, -0.25) is 9.59 Å². The fourth-order valence-electron chi connectivity index (χ4n) is 3.27. The lowest BCUT2D eigenvalue weighted by Crippen LogP contribution is -2.61. The maximum absolute atomic E-state index is 12.2. The summed E-state index contributed by atoms with van der Waals surface area (Å²) in [6.07, 6.45) is 2.97. The molecule has 0 bridgehead atoms. The van der Waals surface area contributed by atoms with E-state index in [2.05, 4.69) is 5.32 Å². The Morgan fingerprint density at radius 1 is 1.30 bits per heavy atom. The van der Waals surface area contributed by atoms with Crippen LogP contribution in [0.1, 0.15) is 22.8 Å². The van der Waals surface area contributed by atoms with Crippen LogP contribution in [0, 0.1) is 5.92 Å². The minimum Gasteiger partial charge on any atom is -0.480 e. The van der Waals surface area contributed by atoms with E-state index in [9.17, 15) is 24.3 Å². The Morgan fingerprint density at radius 2 is 2.04 bits per heavy atom. The highest BCUT2D eigenvalue weighted by Crippen LogP contribution is 2.47. The summed E-state index contributed by atoms with van der Waals surface area (Å²) in [6.45, 7) is 1.78. The van der Waals surface area contributed by atoms with Crippen molar-refractivity contribution in [2.45, 2.75) is 30.0 Å². The molecule has 1 aromatic carbocycles. The Balaban J connectivity index is 1.55. The van der Waals surface area contributed by atoms with E-state index in [0.717, 1.165) is 0 Å². The number of carbonyl (C=O) groups excluding carboxylic acids is 2. The Morgan fingerprint density at radius 3 is 2.70 bits per heavy atom. The second-order valence-corrected chi connectivity index (χ2v) is 7.89. The molecule has 0 spiro atoms. The predicted molar refractivity (Wildman–Crippen MR) is 97.0 cm³/mol. The highest BCUT2D eigenvalue weighted by atomic mass is 32.2. The quantitative estimate of drug-likeness (QED) is 0.617.